The van der Waals surface area contributed by atoms with Crippen LogP contribution in [0, 0.1) is 11.7 Å². The number of thioether (sulfide) groups is 1. The molecule has 0 spiro atoms. The summed E-state index contributed by atoms with van der Waals surface area (Å²) in [5.41, 5.74) is 6.52. The fraction of sp³-hybridized carbons (Fsp3) is 0.500. The molecule has 0 radical (unpaired) electrons. The fourth-order valence-corrected chi connectivity index (χ4v) is 3.04. The number of benzene rings is 1. The SMILES string of the molecule is Cl.NC(CNC(=O)CSCc1ccc(Br)cc1F)C1CC1. The molecule has 118 valence electrons. The number of nitrogens with two attached hydrogens (primary N) is 1. The van der Waals surface area contributed by atoms with Gasteiger partial charge in [0, 0.05) is 22.8 Å². The summed E-state index contributed by atoms with van der Waals surface area (Å²) < 4.78 is 14.3. The number of hydrogen-bond donors (Lipinski definition) is 2. The molecule has 1 aromatic carbocycles. The summed E-state index contributed by atoms with van der Waals surface area (Å²) >= 11 is 4.62. The van der Waals surface area contributed by atoms with E-state index in [1.807, 2.05) is 0 Å². The van der Waals surface area contributed by atoms with Gasteiger partial charge in [0.1, 0.15) is 5.82 Å². The van der Waals surface area contributed by atoms with Gasteiger partial charge in [0.15, 0.2) is 0 Å². The third kappa shape index (κ3) is 6.55. The number of amides is 1. The zero-order valence-electron chi connectivity index (χ0n) is 11.5. The fourth-order valence-electron chi connectivity index (χ4n) is 1.87. The number of rotatable bonds is 7. The summed E-state index contributed by atoms with van der Waals surface area (Å²) in [4.78, 5) is 11.6. The smallest absolute Gasteiger partial charge is 0.230 e. The van der Waals surface area contributed by atoms with E-state index >= 15 is 0 Å². The average molecular weight is 398 g/mol. The monoisotopic (exact) mass is 396 g/mol. The van der Waals surface area contributed by atoms with Crippen molar-refractivity contribution >= 4 is 46.0 Å². The molecule has 1 aliphatic rings. The lowest BCUT2D eigenvalue weighted by Gasteiger charge is -2.11. The molecule has 2 rings (SSSR count). The molecule has 0 heterocycles. The standard InChI is InChI=1S/C14H18BrFN2OS.ClH/c15-11-4-3-10(12(16)5-11)7-20-8-14(19)18-6-13(17)9-1-2-9;/h3-5,9,13H,1-2,6-8,17H2,(H,18,19);1H. The second-order valence-corrected chi connectivity index (χ2v) is 6.94. The molecule has 1 fully saturated rings. The molecular weight excluding hydrogens is 379 g/mol. The molecule has 1 aromatic rings. The minimum Gasteiger partial charge on any atom is -0.354 e. The molecule has 1 aliphatic carbocycles. The van der Waals surface area contributed by atoms with Crippen LogP contribution in [0.15, 0.2) is 22.7 Å². The van der Waals surface area contributed by atoms with E-state index in [9.17, 15) is 9.18 Å². The van der Waals surface area contributed by atoms with Crippen LogP contribution in [0.3, 0.4) is 0 Å². The molecule has 0 aliphatic heterocycles. The molecule has 0 aromatic heterocycles. The second kappa shape index (κ2) is 8.98. The first-order chi connectivity index (χ1) is 9.56. The van der Waals surface area contributed by atoms with Crippen LogP contribution in [-0.4, -0.2) is 24.2 Å². The van der Waals surface area contributed by atoms with Crippen LogP contribution in [0.2, 0.25) is 0 Å². The van der Waals surface area contributed by atoms with Crippen molar-refractivity contribution in [2.24, 2.45) is 11.7 Å². The highest BCUT2D eigenvalue weighted by molar-refractivity contribution is 9.10. The van der Waals surface area contributed by atoms with Crippen LogP contribution >= 0.6 is 40.1 Å². The Labute approximate surface area is 143 Å². The van der Waals surface area contributed by atoms with Gasteiger partial charge in [-0.15, -0.1) is 24.2 Å². The Kier molecular flexibility index (Phi) is 8.02. The van der Waals surface area contributed by atoms with E-state index in [0.717, 1.165) is 4.47 Å². The highest BCUT2D eigenvalue weighted by atomic mass is 79.9. The van der Waals surface area contributed by atoms with Crippen molar-refractivity contribution in [2.45, 2.75) is 24.6 Å². The van der Waals surface area contributed by atoms with E-state index in [-0.39, 0.29) is 30.2 Å². The zero-order valence-corrected chi connectivity index (χ0v) is 14.7. The van der Waals surface area contributed by atoms with Gasteiger partial charge in [0.25, 0.3) is 0 Å². The predicted molar refractivity (Wildman–Crippen MR) is 91.2 cm³/mol. The summed E-state index contributed by atoms with van der Waals surface area (Å²) in [5, 5.41) is 2.83. The number of halogens is 3. The summed E-state index contributed by atoms with van der Waals surface area (Å²) in [6.07, 6.45) is 2.35. The van der Waals surface area contributed by atoms with Crippen molar-refractivity contribution in [3.63, 3.8) is 0 Å². The first-order valence-electron chi connectivity index (χ1n) is 6.60. The van der Waals surface area contributed by atoms with Gasteiger partial charge >= 0.3 is 0 Å². The van der Waals surface area contributed by atoms with E-state index in [1.54, 1.807) is 12.1 Å². The molecule has 1 unspecified atom stereocenters. The molecule has 1 atom stereocenters. The molecule has 21 heavy (non-hydrogen) atoms. The lowest BCUT2D eigenvalue weighted by Crippen LogP contribution is -2.39. The van der Waals surface area contributed by atoms with E-state index in [2.05, 4.69) is 21.2 Å². The largest absolute Gasteiger partial charge is 0.354 e. The zero-order chi connectivity index (χ0) is 14.5. The van der Waals surface area contributed by atoms with Gasteiger partial charge in [-0.05, 0) is 36.5 Å². The maximum atomic E-state index is 13.6. The van der Waals surface area contributed by atoms with E-state index in [1.165, 1.54) is 30.7 Å². The highest BCUT2D eigenvalue weighted by Crippen LogP contribution is 2.31. The summed E-state index contributed by atoms with van der Waals surface area (Å²) in [6.45, 7) is 0.538. The maximum absolute atomic E-state index is 13.6. The molecule has 0 saturated heterocycles. The minimum atomic E-state index is -0.247. The van der Waals surface area contributed by atoms with Gasteiger partial charge < -0.3 is 11.1 Å². The lowest BCUT2D eigenvalue weighted by atomic mass is 10.2. The van der Waals surface area contributed by atoms with Crippen molar-refractivity contribution in [3.8, 4) is 0 Å². The highest BCUT2D eigenvalue weighted by Gasteiger charge is 2.28. The molecule has 1 amide bonds. The van der Waals surface area contributed by atoms with Gasteiger partial charge in [-0.1, -0.05) is 22.0 Å². The van der Waals surface area contributed by atoms with E-state index < -0.39 is 0 Å². The molecule has 0 bridgehead atoms. The van der Waals surface area contributed by atoms with Crippen molar-refractivity contribution in [1.29, 1.82) is 0 Å². The Balaban J connectivity index is 0.00000220. The first kappa shape index (κ1) is 18.7. The molecule has 1 saturated carbocycles. The average Bonchev–Trinajstić information content (AvgIpc) is 3.23. The number of carbonyl (C=O) groups is 1. The van der Waals surface area contributed by atoms with Crippen LogP contribution in [0.1, 0.15) is 18.4 Å². The molecule has 7 heteroatoms. The van der Waals surface area contributed by atoms with Gasteiger partial charge in [0.05, 0.1) is 5.75 Å². The summed E-state index contributed by atoms with van der Waals surface area (Å²) in [5.74, 6) is 1.11. The van der Waals surface area contributed by atoms with Gasteiger partial charge in [-0.2, -0.15) is 0 Å². The number of hydrogen-bond acceptors (Lipinski definition) is 3. The Hall–Kier alpha value is -0.300. The Morgan fingerprint density at radius 2 is 2.24 bits per heavy atom. The van der Waals surface area contributed by atoms with Gasteiger partial charge in [0.2, 0.25) is 5.91 Å². The maximum Gasteiger partial charge on any atom is 0.230 e. The normalized spacial score (nSPS) is 15.2. The van der Waals surface area contributed by atoms with Crippen molar-refractivity contribution in [2.75, 3.05) is 12.3 Å². The number of carbonyl (C=O) groups excluding carboxylic acids is 1. The molecule has 3 N–H and O–H groups in total. The Bertz CT molecular complexity index is 488. The van der Waals surface area contributed by atoms with Gasteiger partial charge in [-0.25, -0.2) is 4.39 Å². The van der Waals surface area contributed by atoms with Crippen LogP contribution in [0.5, 0.6) is 0 Å². The number of nitrogens with one attached hydrogen (secondary N) is 1. The van der Waals surface area contributed by atoms with Crippen molar-refractivity contribution in [1.82, 2.24) is 5.32 Å². The first-order valence-corrected chi connectivity index (χ1v) is 8.55. The molecular formula is C14H19BrClFN2OS. The van der Waals surface area contributed by atoms with Crippen molar-refractivity contribution < 1.29 is 9.18 Å². The minimum absolute atomic E-state index is 0. The quantitative estimate of drug-likeness (QED) is 0.743. The lowest BCUT2D eigenvalue weighted by molar-refractivity contribution is -0.118. The van der Waals surface area contributed by atoms with Crippen molar-refractivity contribution in [3.05, 3.63) is 34.1 Å². The van der Waals surface area contributed by atoms with Crippen LogP contribution in [-0.2, 0) is 10.5 Å². The third-order valence-electron chi connectivity index (χ3n) is 3.27. The van der Waals surface area contributed by atoms with Crippen LogP contribution < -0.4 is 11.1 Å². The molecule has 3 nitrogen and oxygen atoms in total. The second-order valence-electron chi connectivity index (χ2n) is 5.03. The van der Waals surface area contributed by atoms with Gasteiger partial charge in [-0.3, -0.25) is 4.79 Å². The Morgan fingerprint density at radius 3 is 2.86 bits per heavy atom. The third-order valence-corrected chi connectivity index (χ3v) is 4.74. The summed E-state index contributed by atoms with van der Waals surface area (Å²) in [7, 11) is 0. The van der Waals surface area contributed by atoms with Crippen LogP contribution in [0.4, 0.5) is 4.39 Å². The van der Waals surface area contributed by atoms with Crippen LogP contribution in [0.25, 0.3) is 0 Å². The summed E-state index contributed by atoms with van der Waals surface area (Å²) in [6, 6.07) is 5.04. The topological polar surface area (TPSA) is 55.1 Å². The van der Waals surface area contributed by atoms with E-state index in [4.69, 9.17) is 5.73 Å². The van der Waals surface area contributed by atoms with E-state index in [0.29, 0.717) is 29.5 Å². The Morgan fingerprint density at radius 1 is 1.52 bits per heavy atom. The predicted octanol–water partition coefficient (Wildman–Crippen LogP) is 3.10.